The summed E-state index contributed by atoms with van der Waals surface area (Å²) in [5.41, 5.74) is 7.51. The number of nitrogens with zero attached hydrogens (tertiary/aromatic N) is 2. The van der Waals surface area contributed by atoms with Gasteiger partial charge in [-0.25, -0.2) is 5.43 Å². The summed E-state index contributed by atoms with van der Waals surface area (Å²) in [5, 5.41) is 13.6. The number of rotatable bonds is 5. The molecule has 0 saturated carbocycles. The zero-order valence-corrected chi connectivity index (χ0v) is 16.0. The van der Waals surface area contributed by atoms with E-state index < -0.39 is 0 Å². The third kappa shape index (κ3) is 4.06. The molecule has 3 aromatic rings. The molecule has 0 atom stereocenters. The highest BCUT2D eigenvalue weighted by Gasteiger charge is 2.18. The van der Waals surface area contributed by atoms with Gasteiger partial charge in [0.2, 0.25) is 0 Å². The topological polar surface area (TPSA) is 74.2 Å². The lowest BCUT2D eigenvalue weighted by Crippen LogP contribution is -2.18. The molecule has 6 heteroatoms. The zero-order chi connectivity index (χ0) is 20.2. The van der Waals surface area contributed by atoms with Crippen molar-refractivity contribution in [3.05, 3.63) is 89.0 Å². The van der Waals surface area contributed by atoms with E-state index >= 15 is 0 Å². The van der Waals surface area contributed by atoms with Crippen molar-refractivity contribution < 1.29 is 14.6 Å². The average Bonchev–Trinajstić information content (AvgIpc) is 3.19. The second-order valence-electron chi connectivity index (χ2n) is 6.80. The van der Waals surface area contributed by atoms with E-state index in [4.69, 9.17) is 4.74 Å². The van der Waals surface area contributed by atoms with Crippen molar-refractivity contribution >= 4 is 17.8 Å². The number of anilines is 1. The highest BCUT2D eigenvalue weighted by atomic mass is 16.5. The number of nitrogens with one attached hydrogen (secondary N) is 1. The zero-order valence-electron chi connectivity index (χ0n) is 16.0. The summed E-state index contributed by atoms with van der Waals surface area (Å²) in [6.07, 6.45) is 1.50. The highest BCUT2D eigenvalue weighted by molar-refractivity contribution is 5.95. The number of hydrogen-bond donors (Lipinski definition) is 2. The molecule has 6 nitrogen and oxygen atoms in total. The van der Waals surface area contributed by atoms with Crippen LogP contribution < -0.4 is 15.1 Å². The molecule has 1 heterocycles. The first-order valence-corrected chi connectivity index (χ1v) is 9.26. The van der Waals surface area contributed by atoms with E-state index in [1.807, 2.05) is 12.1 Å². The van der Waals surface area contributed by atoms with Crippen molar-refractivity contribution in [1.29, 1.82) is 0 Å². The first-order valence-electron chi connectivity index (χ1n) is 9.26. The van der Waals surface area contributed by atoms with Gasteiger partial charge in [-0.05, 0) is 59.2 Å². The number of carbonyl (C=O) groups is 1. The smallest absolute Gasteiger partial charge is 0.271 e. The van der Waals surface area contributed by atoms with Gasteiger partial charge in [0.1, 0.15) is 0 Å². The molecule has 0 unspecified atom stereocenters. The van der Waals surface area contributed by atoms with Crippen molar-refractivity contribution in [3.63, 3.8) is 0 Å². The van der Waals surface area contributed by atoms with E-state index in [0.717, 1.165) is 18.8 Å². The van der Waals surface area contributed by atoms with Gasteiger partial charge < -0.3 is 14.7 Å². The first-order chi connectivity index (χ1) is 14.1. The number of fused-ring (bicyclic) bond motifs is 1. The summed E-state index contributed by atoms with van der Waals surface area (Å²) in [4.78, 5) is 14.6. The fraction of sp³-hybridized carbons (Fsp3) is 0.130. The molecule has 29 heavy (non-hydrogen) atoms. The molecule has 0 saturated heterocycles. The third-order valence-electron chi connectivity index (χ3n) is 4.92. The predicted octanol–water partition coefficient (Wildman–Crippen LogP) is 3.68. The summed E-state index contributed by atoms with van der Waals surface area (Å²) >= 11 is 0. The molecule has 0 spiro atoms. The third-order valence-corrected chi connectivity index (χ3v) is 4.92. The van der Waals surface area contributed by atoms with Gasteiger partial charge in [-0.2, -0.15) is 5.10 Å². The molecule has 1 aliphatic rings. The largest absolute Gasteiger partial charge is 0.504 e. The maximum Gasteiger partial charge on any atom is 0.271 e. The fourth-order valence-electron chi connectivity index (χ4n) is 3.34. The highest BCUT2D eigenvalue weighted by Crippen LogP contribution is 2.28. The molecule has 1 amide bonds. The van der Waals surface area contributed by atoms with Gasteiger partial charge in [0.25, 0.3) is 5.91 Å². The Labute approximate surface area is 169 Å². The SMILES string of the molecule is COc1cc(/C=N/NC(=O)c2ccc(N3Cc4ccccc4C3)cc2)ccc1O. The summed E-state index contributed by atoms with van der Waals surface area (Å²) in [6.45, 7) is 1.75. The van der Waals surface area contributed by atoms with Gasteiger partial charge in [-0.15, -0.1) is 0 Å². The number of carbonyl (C=O) groups excluding carboxylic acids is 1. The van der Waals surface area contributed by atoms with Crippen LogP contribution in [-0.4, -0.2) is 24.3 Å². The molecule has 146 valence electrons. The number of phenolic OH excluding ortho intramolecular Hbond substituents is 1. The van der Waals surface area contributed by atoms with Gasteiger partial charge in [0.15, 0.2) is 11.5 Å². The van der Waals surface area contributed by atoms with Gasteiger partial charge in [-0.3, -0.25) is 4.79 Å². The van der Waals surface area contributed by atoms with Crippen LogP contribution in [0.2, 0.25) is 0 Å². The molecule has 4 rings (SSSR count). The van der Waals surface area contributed by atoms with Crippen LogP contribution in [0.5, 0.6) is 11.5 Å². The Morgan fingerprint density at radius 3 is 2.41 bits per heavy atom. The number of benzene rings is 3. The number of hydrazone groups is 1. The van der Waals surface area contributed by atoms with Crippen LogP contribution in [0.4, 0.5) is 5.69 Å². The van der Waals surface area contributed by atoms with Crippen molar-refractivity contribution in [3.8, 4) is 11.5 Å². The number of ether oxygens (including phenoxy) is 1. The molecule has 0 radical (unpaired) electrons. The lowest BCUT2D eigenvalue weighted by Gasteiger charge is -2.17. The summed E-state index contributed by atoms with van der Waals surface area (Å²) in [5.74, 6) is 0.109. The summed E-state index contributed by atoms with van der Waals surface area (Å²) < 4.78 is 5.05. The second kappa shape index (κ2) is 8.06. The normalized spacial score (nSPS) is 12.8. The first kappa shape index (κ1) is 18.6. The maximum atomic E-state index is 12.3. The number of hydrogen-bond acceptors (Lipinski definition) is 5. The number of phenols is 1. The van der Waals surface area contributed by atoms with Crippen LogP contribution >= 0.6 is 0 Å². The molecule has 0 bridgehead atoms. The lowest BCUT2D eigenvalue weighted by molar-refractivity contribution is 0.0955. The van der Waals surface area contributed by atoms with Crippen LogP contribution in [0.15, 0.2) is 71.8 Å². The Hall–Kier alpha value is -3.80. The molecule has 2 N–H and O–H groups in total. The van der Waals surface area contributed by atoms with Crippen molar-refractivity contribution in [1.82, 2.24) is 5.43 Å². The molecule has 0 aliphatic carbocycles. The van der Waals surface area contributed by atoms with Crippen LogP contribution in [0.3, 0.4) is 0 Å². The van der Waals surface area contributed by atoms with Gasteiger partial charge >= 0.3 is 0 Å². The average molecular weight is 387 g/mol. The van der Waals surface area contributed by atoms with Crippen molar-refractivity contribution in [2.45, 2.75) is 13.1 Å². The van der Waals surface area contributed by atoms with Crippen molar-refractivity contribution in [2.75, 3.05) is 12.0 Å². The van der Waals surface area contributed by atoms with Gasteiger partial charge in [0.05, 0.1) is 13.3 Å². The lowest BCUT2D eigenvalue weighted by atomic mass is 10.1. The quantitative estimate of drug-likeness (QED) is 0.517. The minimum absolute atomic E-state index is 0.0508. The fourth-order valence-corrected chi connectivity index (χ4v) is 3.34. The summed E-state index contributed by atoms with van der Waals surface area (Å²) in [7, 11) is 1.47. The van der Waals surface area contributed by atoms with E-state index in [9.17, 15) is 9.90 Å². The van der Waals surface area contributed by atoms with E-state index in [0.29, 0.717) is 16.9 Å². The van der Waals surface area contributed by atoms with Gasteiger partial charge in [-0.1, -0.05) is 24.3 Å². The number of amides is 1. The van der Waals surface area contributed by atoms with Crippen LogP contribution in [0.25, 0.3) is 0 Å². The predicted molar refractivity (Wildman–Crippen MR) is 112 cm³/mol. The van der Waals surface area contributed by atoms with Crippen LogP contribution in [-0.2, 0) is 13.1 Å². The Balaban J connectivity index is 1.37. The minimum Gasteiger partial charge on any atom is -0.504 e. The van der Waals surface area contributed by atoms with Gasteiger partial charge in [0, 0.05) is 24.3 Å². The molecular weight excluding hydrogens is 366 g/mol. The second-order valence-corrected chi connectivity index (χ2v) is 6.80. The Morgan fingerprint density at radius 2 is 1.76 bits per heavy atom. The molecule has 3 aromatic carbocycles. The Morgan fingerprint density at radius 1 is 1.07 bits per heavy atom. The van der Waals surface area contributed by atoms with E-state index in [-0.39, 0.29) is 11.7 Å². The summed E-state index contributed by atoms with van der Waals surface area (Å²) in [6, 6.07) is 20.7. The van der Waals surface area contributed by atoms with E-state index in [2.05, 4.69) is 39.7 Å². The van der Waals surface area contributed by atoms with E-state index in [1.54, 1.807) is 24.3 Å². The maximum absolute atomic E-state index is 12.3. The molecule has 0 aromatic heterocycles. The molecular formula is C23H21N3O3. The standard InChI is InChI=1S/C23H21N3O3/c1-29-22-12-16(6-11-21(22)27)13-24-25-23(28)17-7-9-20(10-8-17)26-14-18-4-2-3-5-19(18)15-26/h2-13,27H,14-15H2,1H3,(H,25,28)/b24-13+. The molecule has 1 aliphatic heterocycles. The van der Waals surface area contributed by atoms with Crippen LogP contribution in [0.1, 0.15) is 27.0 Å². The Bertz CT molecular complexity index is 1040. The number of aromatic hydroxyl groups is 1. The van der Waals surface area contributed by atoms with Crippen molar-refractivity contribution in [2.24, 2.45) is 5.10 Å². The minimum atomic E-state index is -0.289. The number of methoxy groups -OCH3 is 1. The monoisotopic (exact) mass is 387 g/mol. The molecule has 0 fully saturated rings. The Kier molecular flexibility index (Phi) is 5.16. The van der Waals surface area contributed by atoms with Crippen LogP contribution in [0, 0.1) is 0 Å². The van der Waals surface area contributed by atoms with E-state index in [1.165, 1.54) is 30.5 Å².